The largest absolute Gasteiger partial charge is 0.484 e. The van der Waals surface area contributed by atoms with Gasteiger partial charge in [0.2, 0.25) is 0 Å². The average Bonchev–Trinajstić information content (AvgIpc) is 3.63. The molecule has 2 aliphatic rings. The summed E-state index contributed by atoms with van der Waals surface area (Å²) in [5, 5.41) is 6.38. The van der Waals surface area contributed by atoms with E-state index in [-0.39, 0.29) is 36.5 Å². The minimum absolute atomic E-state index is 0. The summed E-state index contributed by atoms with van der Waals surface area (Å²) in [6.07, 6.45) is 5.44. The molecule has 0 aromatic heterocycles. The van der Waals surface area contributed by atoms with Gasteiger partial charge >= 0.3 is 0 Å². The first kappa shape index (κ1) is 24.1. The van der Waals surface area contributed by atoms with Gasteiger partial charge in [-0.15, -0.1) is 24.0 Å². The Morgan fingerprint density at radius 1 is 1.16 bits per heavy atom. The number of carbonyl (C=O) groups excluding carboxylic acids is 1. The Morgan fingerprint density at radius 2 is 1.97 bits per heavy atom. The van der Waals surface area contributed by atoms with Gasteiger partial charge in [-0.3, -0.25) is 9.79 Å². The van der Waals surface area contributed by atoms with Crippen LogP contribution in [-0.4, -0.2) is 49.6 Å². The van der Waals surface area contributed by atoms with Gasteiger partial charge in [0.1, 0.15) is 5.75 Å². The molecule has 2 aromatic carbocycles. The molecule has 0 unspecified atom stereocenters. The monoisotopic (exact) mass is 546 g/mol. The maximum absolute atomic E-state index is 11.8. The Morgan fingerprint density at radius 3 is 2.66 bits per heavy atom. The summed E-state index contributed by atoms with van der Waals surface area (Å²) in [4.78, 5) is 18.5. The molecule has 4 rings (SSSR count). The van der Waals surface area contributed by atoms with E-state index in [0.717, 1.165) is 43.9 Å². The number of hydrogen-bond acceptors (Lipinski definition) is 3. The molecule has 1 heterocycles. The lowest BCUT2D eigenvalue weighted by Gasteiger charge is -2.30. The molecule has 1 amide bonds. The highest BCUT2D eigenvalue weighted by atomic mass is 127. The highest BCUT2D eigenvalue weighted by Gasteiger charge is 2.23. The van der Waals surface area contributed by atoms with Crippen LogP contribution >= 0.6 is 24.0 Å². The lowest BCUT2D eigenvalue weighted by atomic mass is 10.00. The van der Waals surface area contributed by atoms with E-state index in [1.165, 1.54) is 11.1 Å². The molecule has 0 atom stereocenters. The third kappa shape index (κ3) is 6.98. The van der Waals surface area contributed by atoms with Crippen LogP contribution in [0.1, 0.15) is 30.4 Å². The number of amides is 1. The number of aliphatic imine (C=N–C) groups is 1. The molecule has 6 nitrogen and oxygen atoms in total. The summed E-state index contributed by atoms with van der Waals surface area (Å²) >= 11 is 0. The second-order valence-electron chi connectivity index (χ2n) is 7.97. The second-order valence-corrected chi connectivity index (χ2v) is 7.97. The summed E-state index contributed by atoms with van der Waals surface area (Å²) < 4.78 is 5.65. The van der Waals surface area contributed by atoms with Gasteiger partial charge < -0.3 is 20.3 Å². The maximum Gasteiger partial charge on any atom is 0.258 e. The number of hydrogen-bond donors (Lipinski definition) is 2. The van der Waals surface area contributed by atoms with Crippen molar-refractivity contribution in [3.05, 3.63) is 71.8 Å². The number of halogens is 1. The van der Waals surface area contributed by atoms with E-state index in [0.29, 0.717) is 18.3 Å². The van der Waals surface area contributed by atoms with Crippen molar-refractivity contribution >= 4 is 41.4 Å². The Bertz CT molecular complexity index is 957. The summed E-state index contributed by atoms with van der Waals surface area (Å²) in [7, 11) is 1.82. The van der Waals surface area contributed by atoms with E-state index in [4.69, 9.17) is 4.74 Å². The van der Waals surface area contributed by atoms with Crippen LogP contribution in [0.25, 0.3) is 5.57 Å². The lowest BCUT2D eigenvalue weighted by molar-refractivity contribution is -0.123. The normalized spacial score (nSPS) is 16.0. The Hall–Kier alpha value is -2.55. The topological polar surface area (TPSA) is 66.0 Å². The molecule has 1 aliphatic carbocycles. The maximum atomic E-state index is 11.8. The number of benzene rings is 2. The molecule has 1 saturated carbocycles. The summed E-state index contributed by atoms with van der Waals surface area (Å²) in [6.45, 7) is 2.46. The number of nitrogens with zero attached hydrogens (tertiary/aromatic N) is 2. The predicted octanol–water partition coefficient (Wildman–Crippen LogP) is 3.83. The molecule has 32 heavy (non-hydrogen) atoms. The predicted molar refractivity (Wildman–Crippen MR) is 139 cm³/mol. The van der Waals surface area contributed by atoms with Crippen LogP contribution in [0.5, 0.6) is 5.75 Å². The van der Waals surface area contributed by atoms with Crippen LogP contribution < -0.4 is 15.4 Å². The van der Waals surface area contributed by atoms with Crippen molar-refractivity contribution in [1.29, 1.82) is 0 Å². The standard InChI is InChI=1S/C25H30N4O2.HI/c1-26-25(29-14-12-21(13-15-29)20-7-3-2-4-8-20)27-17-19-6-5-9-23(16-19)31-18-24(30)28-22-10-11-22;/h2-9,12,16,22H,10-11,13-15,17-18H2,1H3,(H,26,27)(H,28,30);1H. The fourth-order valence-corrected chi connectivity index (χ4v) is 3.68. The third-order valence-electron chi connectivity index (χ3n) is 5.53. The van der Waals surface area contributed by atoms with Crippen molar-refractivity contribution in [2.75, 3.05) is 26.7 Å². The molecule has 170 valence electrons. The zero-order valence-electron chi connectivity index (χ0n) is 18.4. The van der Waals surface area contributed by atoms with E-state index in [1.54, 1.807) is 0 Å². The quantitative estimate of drug-likeness (QED) is 0.315. The van der Waals surface area contributed by atoms with Gasteiger partial charge in [-0.05, 0) is 48.1 Å². The van der Waals surface area contributed by atoms with Gasteiger partial charge in [0, 0.05) is 32.7 Å². The smallest absolute Gasteiger partial charge is 0.258 e. The van der Waals surface area contributed by atoms with Gasteiger partial charge in [0.15, 0.2) is 12.6 Å². The molecule has 2 N–H and O–H groups in total. The lowest BCUT2D eigenvalue weighted by Crippen LogP contribution is -2.43. The van der Waals surface area contributed by atoms with Gasteiger partial charge in [-0.1, -0.05) is 48.5 Å². The van der Waals surface area contributed by atoms with Crippen molar-refractivity contribution < 1.29 is 9.53 Å². The number of ether oxygens (including phenoxy) is 1. The zero-order chi connectivity index (χ0) is 21.5. The number of nitrogens with one attached hydrogen (secondary N) is 2. The second kappa shape index (κ2) is 11.9. The van der Waals surface area contributed by atoms with Crippen molar-refractivity contribution in [1.82, 2.24) is 15.5 Å². The van der Waals surface area contributed by atoms with Crippen molar-refractivity contribution in [2.45, 2.75) is 31.8 Å². The first-order chi connectivity index (χ1) is 15.2. The summed E-state index contributed by atoms with van der Waals surface area (Å²) in [5.41, 5.74) is 3.77. The Balaban J connectivity index is 0.00000289. The molecule has 0 spiro atoms. The number of guanidine groups is 1. The van der Waals surface area contributed by atoms with Crippen LogP contribution in [0.15, 0.2) is 65.7 Å². The van der Waals surface area contributed by atoms with Crippen LogP contribution in [0.3, 0.4) is 0 Å². The SMILES string of the molecule is CN=C(NCc1cccc(OCC(=O)NC2CC2)c1)N1CC=C(c2ccccc2)CC1.I. The van der Waals surface area contributed by atoms with Crippen LogP contribution in [0.2, 0.25) is 0 Å². The fraction of sp³-hybridized carbons (Fsp3) is 0.360. The Labute approximate surface area is 207 Å². The van der Waals surface area contributed by atoms with Gasteiger partial charge in [-0.2, -0.15) is 0 Å². The van der Waals surface area contributed by atoms with Gasteiger partial charge in [0.25, 0.3) is 5.91 Å². The molecular weight excluding hydrogens is 515 g/mol. The fourth-order valence-electron chi connectivity index (χ4n) is 3.68. The van der Waals surface area contributed by atoms with Gasteiger partial charge in [0.05, 0.1) is 0 Å². The molecule has 0 saturated heterocycles. The van der Waals surface area contributed by atoms with Crippen molar-refractivity contribution in [2.24, 2.45) is 4.99 Å². The molecule has 7 heteroatoms. The van der Waals surface area contributed by atoms with Gasteiger partial charge in [-0.25, -0.2) is 0 Å². The van der Waals surface area contributed by atoms with E-state index >= 15 is 0 Å². The minimum atomic E-state index is -0.0561. The summed E-state index contributed by atoms with van der Waals surface area (Å²) in [5.74, 6) is 1.53. The Kier molecular flexibility index (Phi) is 8.96. The zero-order valence-corrected chi connectivity index (χ0v) is 20.8. The van der Waals surface area contributed by atoms with Crippen LogP contribution in [0, 0.1) is 0 Å². The van der Waals surface area contributed by atoms with E-state index in [9.17, 15) is 4.79 Å². The van der Waals surface area contributed by atoms with Crippen molar-refractivity contribution in [3.8, 4) is 5.75 Å². The minimum Gasteiger partial charge on any atom is -0.484 e. The van der Waals surface area contributed by atoms with E-state index in [1.807, 2.05) is 37.4 Å². The first-order valence-corrected chi connectivity index (χ1v) is 10.9. The highest BCUT2D eigenvalue weighted by molar-refractivity contribution is 14.0. The third-order valence-corrected chi connectivity index (χ3v) is 5.53. The van der Waals surface area contributed by atoms with Crippen LogP contribution in [0.4, 0.5) is 0 Å². The molecule has 1 fully saturated rings. The first-order valence-electron chi connectivity index (χ1n) is 10.9. The molecule has 1 aliphatic heterocycles. The van der Waals surface area contributed by atoms with Crippen molar-refractivity contribution in [3.63, 3.8) is 0 Å². The van der Waals surface area contributed by atoms with E-state index < -0.39 is 0 Å². The van der Waals surface area contributed by atoms with Crippen LogP contribution in [-0.2, 0) is 11.3 Å². The summed E-state index contributed by atoms with van der Waals surface area (Å²) in [6, 6.07) is 18.7. The highest BCUT2D eigenvalue weighted by Crippen LogP contribution is 2.22. The average molecular weight is 546 g/mol. The number of rotatable bonds is 7. The molecule has 0 bridgehead atoms. The molecular formula is C25H31IN4O2. The molecule has 0 radical (unpaired) electrons. The molecule has 2 aromatic rings. The number of carbonyl (C=O) groups is 1. The van der Waals surface area contributed by atoms with E-state index in [2.05, 4.69) is 50.9 Å².